The average Bonchev–Trinajstić information content (AvgIpc) is 2.31. The van der Waals surface area contributed by atoms with E-state index >= 15 is 0 Å². The summed E-state index contributed by atoms with van der Waals surface area (Å²) in [4.78, 5) is 2.48. The maximum Gasteiger partial charge on any atom is 0.0634 e. The predicted molar refractivity (Wildman–Crippen MR) is 70.4 cm³/mol. The SMILES string of the molecule is CCCNCC1COCCN1CCOC(C)C. The van der Waals surface area contributed by atoms with Crippen LogP contribution in [0.15, 0.2) is 0 Å². The zero-order chi connectivity index (χ0) is 12.5. The molecule has 1 unspecified atom stereocenters. The fourth-order valence-electron chi connectivity index (χ4n) is 2.02. The van der Waals surface area contributed by atoms with Crippen molar-refractivity contribution in [2.45, 2.75) is 39.3 Å². The highest BCUT2D eigenvalue weighted by Gasteiger charge is 2.22. The van der Waals surface area contributed by atoms with Crippen LogP contribution >= 0.6 is 0 Å². The predicted octanol–water partition coefficient (Wildman–Crippen LogP) is 1.11. The van der Waals surface area contributed by atoms with Gasteiger partial charge in [-0.05, 0) is 26.8 Å². The molecule has 0 aromatic heterocycles. The number of hydrogen-bond acceptors (Lipinski definition) is 4. The molecule has 0 aromatic carbocycles. The molecule has 4 nitrogen and oxygen atoms in total. The van der Waals surface area contributed by atoms with Crippen molar-refractivity contribution in [2.24, 2.45) is 0 Å². The maximum absolute atomic E-state index is 5.62. The van der Waals surface area contributed by atoms with Crippen LogP contribution in [0.4, 0.5) is 0 Å². The Balaban J connectivity index is 2.22. The van der Waals surface area contributed by atoms with Crippen LogP contribution in [0.25, 0.3) is 0 Å². The van der Waals surface area contributed by atoms with Crippen molar-refractivity contribution < 1.29 is 9.47 Å². The Morgan fingerprint density at radius 2 is 2.29 bits per heavy atom. The van der Waals surface area contributed by atoms with Crippen molar-refractivity contribution in [3.05, 3.63) is 0 Å². The van der Waals surface area contributed by atoms with Crippen molar-refractivity contribution in [1.82, 2.24) is 10.2 Å². The first-order valence-corrected chi connectivity index (χ1v) is 6.88. The van der Waals surface area contributed by atoms with Crippen LogP contribution < -0.4 is 5.32 Å². The first kappa shape index (κ1) is 14.9. The van der Waals surface area contributed by atoms with Crippen molar-refractivity contribution in [1.29, 1.82) is 0 Å². The molecule has 102 valence electrons. The monoisotopic (exact) mass is 244 g/mol. The molecule has 1 rings (SSSR count). The van der Waals surface area contributed by atoms with Crippen molar-refractivity contribution in [3.63, 3.8) is 0 Å². The Kier molecular flexibility index (Phi) is 7.77. The molecule has 1 fully saturated rings. The fraction of sp³-hybridized carbons (Fsp3) is 1.00. The lowest BCUT2D eigenvalue weighted by Gasteiger charge is -2.35. The van der Waals surface area contributed by atoms with Crippen molar-refractivity contribution >= 4 is 0 Å². The molecule has 0 spiro atoms. The lowest BCUT2D eigenvalue weighted by atomic mass is 10.2. The van der Waals surface area contributed by atoms with Crippen LogP contribution in [0.2, 0.25) is 0 Å². The molecule has 0 saturated carbocycles. The summed E-state index contributed by atoms with van der Waals surface area (Å²) < 4.78 is 11.2. The summed E-state index contributed by atoms with van der Waals surface area (Å²) in [6.45, 7) is 13.0. The summed E-state index contributed by atoms with van der Waals surface area (Å²) in [5.41, 5.74) is 0. The molecule has 1 aliphatic rings. The summed E-state index contributed by atoms with van der Waals surface area (Å²) in [7, 11) is 0. The molecule has 0 aliphatic carbocycles. The minimum absolute atomic E-state index is 0.327. The zero-order valence-corrected chi connectivity index (χ0v) is 11.6. The normalized spacial score (nSPS) is 22.2. The van der Waals surface area contributed by atoms with Crippen molar-refractivity contribution in [2.75, 3.05) is 46.0 Å². The van der Waals surface area contributed by atoms with Gasteiger partial charge >= 0.3 is 0 Å². The number of ether oxygens (including phenoxy) is 2. The van der Waals surface area contributed by atoms with Crippen LogP contribution in [0.3, 0.4) is 0 Å². The second kappa shape index (κ2) is 8.86. The molecule has 0 radical (unpaired) electrons. The Morgan fingerprint density at radius 1 is 1.47 bits per heavy atom. The summed E-state index contributed by atoms with van der Waals surface area (Å²) in [6.07, 6.45) is 1.51. The van der Waals surface area contributed by atoms with E-state index < -0.39 is 0 Å². The third-order valence-corrected chi connectivity index (χ3v) is 2.99. The van der Waals surface area contributed by atoms with E-state index in [4.69, 9.17) is 9.47 Å². The van der Waals surface area contributed by atoms with Gasteiger partial charge in [0.25, 0.3) is 0 Å². The third-order valence-electron chi connectivity index (χ3n) is 2.99. The molecule has 0 aromatic rings. The quantitative estimate of drug-likeness (QED) is 0.649. The highest BCUT2D eigenvalue weighted by Crippen LogP contribution is 2.06. The highest BCUT2D eigenvalue weighted by molar-refractivity contribution is 4.77. The lowest BCUT2D eigenvalue weighted by molar-refractivity contribution is -0.0255. The van der Waals surface area contributed by atoms with Crippen LogP contribution in [0.1, 0.15) is 27.2 Å². The third kappa shape index (κ3) is 6.36. The van der Waals surface area contributed by atoms with Gasteiger partial charge < -0.3 is 14.8 Å². The molecule has 0 amide bonds. The topological polar surface area (TPSA) is 33.7 Å². The molecule has 1 aliphatic heterocycles. The number of nitrogens with one attached hydrogen (secondary N) is 1. The Bertz CT molecular complexity index is 188. The maximum atomic E-state index is 5.62. The van der Waals surface area contributed by atoms with Crippen LogP contribution in [-0.2, 0) is 9.47 Å². The lowest BCUT2D eigenvalue weighted by Crippen LogP contribution is -2.51. The summed E-state index contributed by atoms with van der Waals surface area (Å²) >= 11 is 0. The largest absolute Gasteiger partial charge is 0.378 e. The van der Waals surface area contributed by atoms with E-state index in [0.717, 1.165) is 46.0 Å². The molecule has 1 atom stereocenters. The minimum atomic E-state index is 0.327. The first-order valence-electron chi connectivity index (χ1n) is 6.88. The van der Waals surface area contributed by atoms with Crippen LogP contribution in [0, 0.1) is 0 Å². The smallest absolute Gasteiger partial charge is 0.0634 e. The van der Waals surface area contributed by atoms with Gasteiger partial charge in [-0.1, -0.05) is 6.92 Å². The van der Waals surface area contributed by atoms with Gasteiger partial charge in [0, 0.05) is 25.7 Å². The molecule has 1 N–H and O–H groups in total. The molecule has 1 saturated heterocycles. The van der Waals surface area contributed by atoms with E-state index in [1.54, 1.807) is 0 Å². The van der Waals surface area contributed by atoms with Gasteiger partial charge in [0.15, 0.2) is 0 Å². The van der Waals surface area contributed by atoms with E-state index in [0.29, 0.717) is 12.1 Å². The fourth-order valence-corrected chi connectivity index (χ4v) is 2.02. The second-order valence-electron chi connectivity index (χ2n) is 4.89. The number of hydrogen-bond donors (Lipinski definition) is 1. The zero-order valence-electron chi connectivity index (χ0n) is 11.6. The summed E-state index contributed by atoms with van der Waals surface area (Å²) in [5, 5.41) is 3.47. The van der Waals surface area contributed by atoms with Crippen molar-refractivity contribution in [3.8, 4) is 0 Å². The molecule has 17 heavy (non-hydrogen) atoms. The second-order valence-corrected chi connectivity index (χ2v) is 4.89. The molecule has 4 heteroatoms. The van der Waals surface area contributed by atoms with E-state index in [1.807, 2.05) is 0 Å². The van der Waals surface area contributed by atoms with Gasteiger partial charge in [-0.25, -0.2) is 0 Å². The molecular formula is C13H28N2O2. The highest BCUT2D eigenvalue weighted by atomic mass is 16.5. The van der Waals surface area contributed by atoms with Gasteiger partial charge in [0.2, 0.25) is 0 Å². The minimum Gasteiger partial charge on any atom is -0.378 e. The number of morpholine rings is 1. The van der Waals surface area contributed by atoms with Gasteiger partial charge in [0.05, 0.1) is 25.9 Å². The van der Waals surface area contributed by atoms with E-state index in [2.05, 4.69) is 31.0 Å². The summed E-state index contributed by atoms with van der Waals surface area (Å²) in [5.74, 6) is 0. The van der Waals surface area contributed by atoms with E-state index in [9.17, 15) is 0 Å². The van der Waals surface area contributed by atoms with Gasteiger partial charge in [0.1, 0.15) is 0 Å². The number of rotatable bonds is 8. The first-order chi connectivity index (χ1) is 8.24. The molecular weight excluding hydrogens is 216 g/mol. The molecule has 1 heterocycles. The van der Waals surface area contributed by atoms with Gasteiger partial charge in [-0.2, -0.15) is 0 Å². The Hall–Kier alpha value is -0.160. The standard InChI is InChI=1S/C13H28N2O2/c1-4-5-14-10-13-11-16-8-6-15(13)7-9-17-12(2)3/h12-14H,4-11H2,1-3H3. The summed E-state index contributed by atoms with van der Waals surface area (Å²) in [6, 6.07) is 0.506. The number of nitrogens with zero attached hydrogens (tertiary/aromatic N) is 1. The Morgan fingerprint density at radius 3 is 3.00 bits per heavy atom. The van der Waals surface area contributed by atoms with E-state index in [1.165, 1.54) is 6.42 Å². The van der Waals surface area contributed by atoms with Crippen LogP contribution in [0.5, 0.6) is 0 Å². The molecule has 0 bridgehead atoms. The average molecular weight is 244 g/mol. The van der Waals surface area contributed by atoms with Gasteiger partial charge in [-0.3, -0.25) is 4.90 Å². The Labute approximate surface area is 106 Å². The van der Waals surface area contributed by atoms with E-state index in [-0.39, 0.29) is 0 Å². The van der Waals surface area contributed by atoms with Crippen LogP contribution in [-0.4, -0.2) is 63.0 Å². The van der Waals surface area contributed by atoms with Gasteiger partial charge in [-0.15, -0.1) is 0 Å².